The molecule has 20 heavy (non-hydrogen) atoms. The highest BCUT2D eigenvalue weighted by atomic mass is 16.2. The van der Waals surface area contributed by atoms with Gasteiger partial charge in [-0.15, -0.1) is 0 Å². The summed E-state index contributed by atoms with van der Waals surface area (Å²) in [6.07, 6.45) is 9.20. The van der Waals surface area contributed by atoms with Gasteiger partial charge in [-0.05, 0) is 31.1 Å². The summed E-state index contributed by atoms with van der Waals surface area (Å²) >= 11 is 0. The first-order chi connectivity index (χ1) is 9.42. The van der Waals surface area contributed by atoms with Gasteiger partial charge in [-0.3, -0.25) is 20.2 Å². The molecule has 2 saturated carbocycles. The summed E-state index contributed by atoms with van der Waals surface area (Å²) in [5.74, 6) is -0.183. The first-order valence-electron chi connectivity index (χ1n) is 8.07. The van der Waals surface area contributed by atoms with Crippen LogP contribution in [0.25, 0.3) is 0 Å². The second kappa shape index (κ2) is 4.55. The van der Waals surface area contributed by atoms with Crippen molar-refractivity contribution < 1.29 is 9.59 Å². The molecule has 2 aliphatic carbocycles. The number of rotatable bonds is 0. The Morgan fingerprint density at radius 1 is 0.800 bits per heavy atom. The molecular weight excluding hydrogens is 252 g/mol. The Morgan fingerprint density at radius 2 is 1.40 bits per heavy atom. The lowest BCUT2D eigenvalue weighted by Gasteiger charge is -2.57. The second-order valence-corrected chi connectivity index (χ2v) is 7.55. The van der Waals surface area contributed by atoms with Crippen molar-refractivity contribution in [1.82, 2.24) is 10.6 Å². The topological polar surface area (TPSA) is 58.2 Å². The molecule has 1 saturated heterocycles. The van der Waals surface area contributed by atoms with Crippen LogP contribution in [0.4, 0.5) is 0 Å². The largest absolute Gasteiger partial charge is 0.293 e. The maximum atomic E-state index is 12.6. The van der Waals surface area contributed by atoms with Gasteiger partial charge < -0.3 is 0 Å². The van der Waals surface area contributed by atoms with Gasteiger partial charge in [-0.1, -0.05) is 46.0 Å². The van der Waals surface area contributed by atoms with Gasteiger partial charge in [0.05, 0.1) is 5.54 Å². The van der Waals surface area contributed by atoms with E-state index in [0.29, 0.717) is 0 Å². The lowest BCUT2D eigenvalue weighted by molar-refractivity contribution is -0.154. The van der Waals surface area contributed by atoms with E-state index in [1.54, 1.807) is 0 Å². The molecule has 3 rings (SSSR count). The van der Waals surface area contributed by atoms with Gasteiger partial charge in [0.25, 0.3) is 0 Å². The number of carbonyl (C=O) groups is 2. The van der Waals surface area contributed by atoms with Gasteiger partial charge in [-0.2, -0.15) is 0 Å². The van der Waals surface area contributed by atoms with Crippen LogP contribution in [0.2, 0.25) is 0 Å². The number of nitrogens with one attached hydrogen (secondary N) is 2. The molecule has 0 aromatic rings. The van der Waals surface area contributed by atoms with Crippen LogP contribution in [0.3, 0.4) is 0 Å². The Balaban J connectivity index is 1.98. The van der Waals surface area contributed by atoms with E-state index in [9.17, 15) is 9.59 Å². The standard InChI is InChI=1S/C16H26N2O2/c1-14(2)8-6-7-11-16(14)13(20)17-12(19)15(18-16)9-4-3-5-10-15/h18H,3-11H2,1-2H3,(H,17,19,20). The van der Waals surface area contributed by atoms with Crippen LogP contribution >= 0.6 is 0 Å². The van der Waals surface area contributed by atoms with Crippen molar-refractivity contribution in [2.75, 3.05) is 0 Å². The Hall–Kier alpha value is -0.900. The van der Waals surface area contributed by atoms with Gasteiger partial charge in [-0.25, -0.2) is 0 Å². The van der Waals surface area contributed by atoms with Crippen LogP contribution in [0, 0.1) is 5.41 Å². The quantitative estimate of drug-likeness (QED) is 0.668. The van der Waals surface area contributed by atoms with E-state index in [4.69, 9.17) is 0 Å². The van der Waals surface area contributed by atoms with Gasteiger partial charge in [0.15, 0.2) is 0 Å². The average Bonchev–Trinajstić information content (AvgIpc) is 2.41. The van der Waals surface area contributed by atoms with E-state index < -0.39 is 11.1 Å². The van der Waals surface area contributed by atoms with Crippen LogP contribution in [0.1, 0.15) is 71.6 Å². The van der Waals surface area contributed by atoms with Crippen molar-refractivity contribution in [3.8, 4) is 0 Å². The van der Waals surface area contributed by atoms with E-state index in [0.717, 1.165) is 44.9 Å². The van der Waals surface area contributed by atoms with Gasteiger partial charge in [0.1, 0.15) is 5.54 Å². The van der Waals surface area contributed by atoms with Crippen molar-refractivity contribution >= 4 is 11.8 Å². The van der Waals surface area contributed by atoms with Crippen molar-refractivity contribution in [2.24, 2.45) is 5.41 Å². The average molecular weight is 278 g/mol. The predicted molar refractivity (Wildman–Crippen MR) is 77.1 cm³/mol. The fourth-order valence-corrected chi connectivity index (χ4v) is 4.52. The fraction of sp³-hybridized carbons (Fsp3) is 0.875. The van der Waals surface area contributed by atoms with E-state index >= 15 is 0 Å². The summed E-state index contributed by atoms with van der Waals surface area (Å²) in [5, 5.41) is 6.33. The summed E-state index contributed by atoms with van der Waals surface area (Å²) in [4.78, 5) is 25.1. The van der Waals surface area contributed by atoms with Crippen molar-refractivity contribution in [2.45, 2.75) is 82.7 Å². The summed E-state index contributed by atoms with van der Waals surface area (Å²) in [6.45, 7) is 4.34. The Kier molecular flexibility index (Phi) is 3.20. The van der Waals surface area contributed by atoms with Gasteiger partial charge in [0, 0.05) is 0 Å². The molecule has 2 spiro atoms. The summed E-state index contributed by atoms with van der Waals surface area (Å²) in [7, 11) is 0. The van der Waals surface area contributed by atoms with E-state index in [1.807, 2.05) is 0 Å². The smallest absolute Gasteiger partial charge is 0.247 e. The third kappa shape index (κ3) is 1.84. The molecule has 3 aliphatic rings. The molecule has 1 atom stereocenters. The minimum atomic E-state index is -0.559. The zero-order valence-corrected chi connectivity index (χ0v) is 12.7. The lowest BCUT2D eigenvalue weighted by Crippen LogP contribution is -2.80. The number of hydrogen-bond donors (Lipinski definition) is 2. The molecule has 4 nitrogen and oxygen atoms in total. The Bertz CT molecular complexity index is 438. The zero-order valence-electron chi connectivity index (χ0n) is 12.7. The second-order valence-electron chi connectivity index (χ2n) is 7.55. The van der Waals surface area contributed by atoms with Gasteiger partial charge in [0.2, 0.25) is 11.8 Å². The zero-order chi connectivity index (χ0) is 14.4. The molecule has 1 heterocycles. The highest BCUT2D eigenvalue weighted by molar-refractivity contribution is 6.07. The van der Waals surface area contributed by atoms with Crippen molar-refractivity contribution in [1.29, 1.82) is 0 Å². The maximum Gasteiger partial charge on any atom is 0.247 e. The monoisotopic (exact) mass is 278 g/mol. The van der Waals surface area contributed by atoms with Crippen LogP contribution in [-0.2, 0) is 9.59 Å². The van der Waals surface area contributed by atoms with Crippen LogP contribution in [0.5, 0.6) is 0 Å². The Morgan fingerprint density at radius 3 is 2.05 bits per heavy atom. The third-order valence-corrected chi connectivity index (χ3v) is 5.97. The number of hydrogen-bond acceptors (Lipinski definition) is 3. The molecule has 0 radical (unpaired) electrons. The fourth-order valence-electron chi connectivity index (χ4n) is 4.52. The molecule has 2 amide bonds. The van der Waals surface area contributed by atoms with Crippen LogP contribution in [-0.4, -0.2) is 22.9 Å². The SMILES string of the molecule is CC1(C)CCCCC12NC1(CCCCC1)C(=O)NC2=O. The normalized spacial score (nSPS) is 36.1. The Labute approximate surface area is 121 Å². The first kappa shape index (κ1) is 14.1. The van der Waals surface area contributed by atoms with E-state index in [2.05, 4.69) is 24.5 Å². The number of imide groups is 1. The first-order valence-corrected chi connectivity index (χ1v) is 8.07. The number of carbonyl (C=O) groups excluding carboxylic acids is 2. The lowest BCUT2D eigenvalue weighted by atomic mass is 9.60. The maximum absolute atomic E-state index is 12.6. The predicted octanol–water partition coefficient (Wildman–Crippen LogP) is 2.27. The molecule has 1 aliphatic heterocycles. The molecule has 1 unspecified atom stereocenters. The summed E-state index contributed by atoms with van der Waals surface area (Å²) in [6, 6.07) is 0. The molecule has 0 bridgehead atoms. The van der Waals surface area contributed by atoms with E-state index in [1.165, 1.54) is 12.8 Å². The van der Waals surface area contributed by atoms with Crippen molar-refractivity contribution in [3.63, 3.8) is 0 Å². The third-order valence-electron chi connectivity index (χ3n) is 5.97. The summed E-state index contributed by atoms with van der Waals surface area (Å²) in [5.41, 5.74) is -1.16. The van der Waals surface area contributed by atoms with E-state index in [-0.39, 0.29) is 17.2 Å². The van der Waals surface area contributed by atoms with Crippen molar-refractivity contribution in [3.05, 3.63) is 0 Å². The molecule has 112 valence electrons. The number of amides is 2. The minimum absolute atomic E-state index is 0.0887. The molecule has 3 fully saturated rings. The highest BCUT2D eigenvalue weighted by Gasteiger charge is 2.60. The van der Waals surface area contributed by atoms with Crippen LogP contribution in [0.15, 0.2) is 0 Å². The minimum Gasteiger partial charge on any atom is -0.293 e. The van der Waals surface area contributed by atoms with Crippen LogP contribution < -0.4 is 10.6 Å². The molecule has 2 N–H and O–H groups in total. The highest BCUT2D eigenvalue weighted by Crippen LogP contribution is 2.48. The molecular formula is C16H26N2O2. The number of piperazine rings is 1. The molecule has 4 heteroatoms. The van der Waals surface area contributed by atoms with Gasteiger partial charge >= 0.3 is 0 Å². The summed E-state index contributed by atoms with van der Waals surface area (Å²) < 4.78 is 0. The molecule has 0 aromatic carbocycles. The molecule has 0 aromatic heterocycles.